The fourth-order valence-electron chi connectivity index (χ4n) is 3.93. The van der Waals surface area contributed by atoms with Gasteiger partial charge < -0.3 is 10.6 Å². The third kappa shape index (κ3) is 3.34. The highest BCUT2D eigenvalue weighted by molar-refractivity contribution is 6.10. The molecule has 29 heavy (non-hydrogen) atoms. The molecule has 0 spiro atoms. The van der Waals surface area contributed by atoms with Gasteiger partial charge in [0.05, 0.1) is 11.6 Å². The highest BCUT2D eigenvalue weighted by atomic mass is 16.2. The van der Waals surface area contributed by atoms with E-state index in [0.717, 1.165) is 29.7 Å². The summed E-state index contributed by atoms with van der Waals surface area (Å²) in [6.45, 7) is 1.26. The van der Waals surface area contributed by atoms with Crippen LogP contribution in [0.4, 0.5) is 10.5 Å². The Hall–Kier alpha value is -3.66. The number of nitrogens with one attached hydrogen (secondary N) is 2. The zero-order valence-electron chi connectivity index (χ0n) is 16.0. The first kappa shape index (κ1) is 18.7. The molecule has 4 amide bonds. The topological polar surface area (TPSA) is 102 Å². The normalized spacial score (nSPS) is 20.2. The predicted molar refractivity (Wildman–Crippen MR) is 106 cm³/mol. The van der Waals surface area contributed by atoms with Crippen molar-refractivity contribution in [3.8, 4) is 6.07 Å². The molecule has 4 rings (SSSR count). The Morgan fingerprint density at radius 3 is 2.79 bits per heavy atom. The van der Waals surface area contributed by atoms with E-state index in [9.17, 15) is 14.4 Å². The summed E-state index contributed by atoms with van der Waals surface area (Å²) in [6.07, 6.45) is 3.09. The molecule has 7 nitrogen and oxygen atoms in total. The first-order chi connectivity index (χ1) is 13.9. The highest BCUT2D eigenvalue weighted by Crippen LogP contribution is 2.32. The van der Waals surface area contributed by atoms with Gasteiger partial charge in [0.2, 0.25) is 5.91 Å². The summed E-state index contributed by atoms with van der Waals surface area (Å²) in [4.78, 5) is 38.8. The SMILES string of the molecule is CC1(c2ccc3c(c2)CCC3)NC(=O)N(CC(=O)Nc2cccc(C#N)c2)C1=O. The molecule has 146 valence electrons. The number of hydrogen-bond donors (Lipinski definition) is 2. The summed E-state index contributed by atoms with van der Waals surface area (Å²) in [6, 6.07) is 13.7. The fraction of sp³-hybridized carbons (Fsp3) is 0.273. The fourth-order valence-corrected chi connectivity index (χ4v) is 3.93. The van der Waals surface area contributed by atoms with Crippen LogP contribution in [0.15, 0.2) is 42.5 Å². The van der Waals surface area contributed by atoms with Gasteiger partial charge in [-0.1, -0.05) is 24.3 Å². The number of urea groups is 1. The maximum Gasteiger partial charge on any atom is 0.325 e. The Morgan fingerprint density at radius 1 is 1.21 bits per heavy atom. The molecule has 2 aromatic carbocycles. The summed E-state index contributed by atoms with van der Waals surface area (Å²) >= 11 is 0. The molecular weight excluding hydrogens is 368 g/mol. The number of nitrogens with zero attached hydrogens (tertiary/aromatic N) is 2. The van der Waals surface area contributed by atoms with Gasteiger partial charge in [-0.15, -0.1) is 0 Å². The molecule has 1 atom stereocenters. The quantitative estimate of drug-likeness (QED) is 0.786. The molecule has 2 N–H and O–H groups in total. The maximum atomic E-state index is 13.0. The minimum absolute atomic E-state index is 0.401. The van der Waals surface area contributed by atoms with Crippen LogP contribution >= 0.6 is 0 Å². The number of nitriles is 1. The smallest absolute Gasteiger partial charge is 0.324 e. The Balaban J connectivity index is 1.50. The van der Waals surface area contributed by atoms with E-state index < -0.39 is 29.9 Å². The van der Waals surface area contributed by atoms with Crippen molar-refractivity contribution in [2.45, 2.75) is 31.7 Å². The van der Waals surface area contributed by atoms with Crippen molar-refractivity contribution in [3.05, 3.63) is 64.7 Å². The van der Waals surface area contributed by atoms with Crippen LogP contribution in [0.3, 0.4) is 0 Å². The first-order valence-corrected chi connectivity index (χ1v) is 9.47. The van der Waals surface area contributed by atoms with Crippen molar-refractivity contribution < 1.29 is 14.4 Å². The Kier molecular flexibility index (Phi) is 4.55. The van der Waals surface area contributed by atoms with Crippen LogP contribution < -0.4 is 10.6 Å². The van der Waals surface area contributed by atoms with Gasteiger partial charge in [-0.3, -0.25) is 14.5 Å². The van der Waals surface area contributed by atoms with E-state index in [-0.39, 0.29) is 0 Å². The van der Waals surface area contributed by atoms with E-state index in [2.05, 4.69) is 10.6 Å². The van der Waals surface area contributed by atoms with Crippen molar-refractivity contribution in [2.24, 2.45) is 0 Å². The summed E-state index contributed by atoms with van der Waals surface area (Å²) in [5.41, 5.74) is 2.85. The summed E-state index contributed by atoms with van der Waals surface area (Å²) in [5.74, 6) is -0.969. The monoisotopic (exact) mass is 388 g/mol. The first-order valence-electron chi connectivity index (χ1n) is 9.47. The molecule has 1 aliphatic heterocycles. The molecule has 1 saturated heterocycles. The van der Waals surface area contributed by atoms with Gasteiger partial charge in [-0.2, -0.15) is 5.26 Å². The van der Waals surface area contributed by atoms with Crippen molar-refractivity contribution in [3.63, 3.8) is 0 Å². The molecule has 1 heterocycles. The van der Waals surface area contributed by atoms with E-state index in [1.807, 2.05) is 24.3 Å². The molecule has 1 fully saturated rings. The van der Waals surface area contributed by atoms with E-state index in [0.29, 0.717) is 11.3 Å². The minimum atomic E-state index is -1.20. The summed E-state index contributed by atoms with van der Waals surface area (Å²) in [7, 11) is 0. The van der Waals surface area contributed by atoms with Crippen LogP contribution in [-0.2, 0) is 28.0 Å². The molecule has 0 saturated carbocycles. The lowest BCUT2D eigenvalue weighted by atomic mass is 9.89. The van der Waals surface area contributed by atoms with Crippen molar-refractivity contribution in [2.75, 3.05) is 11.9 Å². The number of carbonyl (C=O) groups is 3. The minimum Gasteiger partial charge on any atom is -0.324 e. The lowest BCUT2D eigenvalue weighted by molar-refractivity contribution is -0.133. The zero-order chi connectivity index (χ0) is 20.6. The van der Waals surface area contributed by atoms with Gasteiger partial charge in [0, 0.05) is 5.69 Å². The third-order valence-corrected chi connectivity index (χ3v) is 5.53. The number of benzene rings is 2. The molecule has 2 aliphatic rings. The van der Waals surface area contributed by atoms with Gasteiger partial charge in [0.1, 0.15) is 12.1 Å². The van der Waals surface area contributed by atoms with Gasteiger partial charge >= 0.3 is 6.03 Å². The number of aryl methyl sites for hydroxylation is 2. The van der Waals surface area contributed by atoms with E-state index >= 15 is 0 Å². The van der Waals surface area contributed by atoms with Crippen LogP contribution in [0.2, 0.25) is 0 Å². The Morgan fingerprint density at radius 2 is 2.00 bits per heavy atom. The average Bonchev–Trinajstić information content (AvgIpc) is 3.26. The molecule has 0 radical (unpaired) electrons. The van der Waals surface area contributed by atoms with Gasteiger partial charge in [0.25, 0.3) is 5.91 Å². The van der Waals surface area contributed by atoms with E-state index in [4.69, 9.17) is 5.26 Å². The number of fused-ring (bicyclic) bond motifs is 1. The molecule has 0 bridgehead atoms. The lowest BCUT2D eigenvalue weighted by Crippen LogP contribution is -2.42. The third-order valence-electron chi connectivity index (χ3n) is 5.53. The number of hydrogen-bond acceptors (Lipinski definition) is 4. The number of amides is 4. The van der Waals surface area contributed by atoms with Gasteiger partial charge in [0.15, 0.2) is 0 Å². The second-order valence-corrected chi connectivity index (χ2v) is 7.52. The van der Waals surface area contributed by atoms with Crippen LogP contribution in [0.25, 0.3) is 0 Å². The molecule has 7 heteroatoms. The van der Waals surface area contributed by atoms with Crippen LogP contribution in [-0.4, -0.2) is 29.3 Å². The second-order valence-electron chi connectivity index (χ2n) is 7.52. The lowest BCUT2D eigenvalue weighted by Gasteiger charge is -2.23. The maximum absolute atomic E-state index is 13.0. The second kappa shape index (κ2) is 7.06. The number of imide groups is 1. The Labute approximate surface area is 168 Å². The Bertz CT molecular complexity index is 1070. The average molecular weight is 388 g/mol. The van der Waals surface area contributed by atoms with Crippen LogP contribution in [0, 0.1) is 11.3 Å². The molecule has 1 unspecified atom stereocenters. The molecular formula is C22H20N4O3. The van der Waals surface area contributed by atoms with Crippen LogP contribution in [0.1, 0.15) is 35.6 Å². The largest absolute Gasteiger partial charge is 0.325 e. The molecule has 2 aromatic rings. The van der Waals surface area contributed by atoms with Gasteiger partial charge in [-0.05, 0) is 61.1 Å². The van der Waals surface area contributed by atoms with E-state index in [1.54, 1.807) is 25.1 Å². The van der Waals surface area contributed by atoms with E-state index in [1.165, 1.54) is 17.2 Å². The van der Waals surface area contributed by atoms with Crippen LogP contribution in [0.5, 0.6) is 0 Å². The van der Waals surface area contributed by atoms with Crippen molar-refractivity contribution in [1.82, 2.24) is 10.2 Å². The number of rotatable bonds is 4. The predicted octanol–water partition coefficient (Wildman–Crippen LogP) is 2.45. The number of anilines is 1. The van der Waals surface area contributed by atoms with Gasteiger partial charge in [-0.25, -0.2) is 4.79 Å². The zero-order valence-corrected chi connectivity index (χ0v) is 16.0. The molecule has 1 aliphatic carbocycles. The molecule has 0 aromatic heterocycles. The highest BCUT2D eigenvalue weighted by Gasteiger charge is 2.49. The van der Waals surface area contributed by atoms with Crippen molar-refractivity contribution >= 4 is 23.5 Å². The van der Waals surface area contributed by atoms with Crippen molar-refractivity contribution in [1.29, 1.82) is 5.26 Å². The summed E-state index contributed by atoms with van der Waals surface area (Å²) < 4.78 is 0. The summed E-state index contributed by atoms with van der Waals surface area (Å²) in [5, 5.41) is 14.3. The standard InChI is InChI=1S/C22H20N4O3/c1-22(17-9-8-15-5-3-6-16(15)11-17)20(28)26(21(29)25-22)13-19(27)24-18-7-2-4-14(10-18)12-23/h2,4,7-11H,3,5-6,13H2,1H3,(H,24,27)(H,25,29). The number of carbonyl (C=O) groups excluding carboxylic acids is 3.